The summed E-state index contributed by atoms with van der Waals surface area (Å²) in [6, 6.07) is 7.40. The summed E-state index contributed by atoms with van der Waals surface area (Å²) in [6.45, 7) is 3.85. The quantitative estimate of drug-likeness (QED) is 0.879. The number of benzene rings is 1. The molecule has 18 heavy (non-hydrogen) atoms. The van der Waals surface area contributed by atoms with E-state index in [1.54, 1.807) is 6.92 Å². The Morgan fingerprint density at radius 3 is 2.78 bits per heavy atom. The van der Waals surface area contributed by atoms with E-state index in [0.29, 0.717) is 24.0 Å². The maximum Gasteiger partial charge on any atom is 0.253 e. The van der Waals surface area contributed by atoms with Gasteiger partial charge in [0.05, 0.1) is 6.10 Å². The zero-order chi connectivity index (χ0) is 13.0. The first kappa shape index (κ1) is 12.6. The maximum atomic E-state index is 9.88. The van der Waals surface area contributed by atoms with Gasteiger partial charge in [0.1, 0.15) is 5.75 Å². The number of rotatable bonds is 5. The van der Waals surface area contributed by atoms with Crippen molar-refractivity contribution in [2.24, 2.45) is 0 Å². The minimum atomic E-state index is -0.523. The molecular weight excluding hydrogens is 232 g/mol. The standard InChI is InChI=1S/C13H16N2O3/c1-3-11(16)10-6-4-5-7-12(10)17-8-13-15-14-9(2)18-13/h4-7,11,16H,3,8H2,1-2H3. The number of nitrogens with zero attached hydrogens (tertiary/aromatic N) is 2. The molecular formula is C13H16N2O3. The van der Waals surface area contributed by atoms with Gasteiger partial charge in [-0.05, 0) is 12.5 Å². The molecule has 1 aromatic heterocycles. The lowest BCUT2D eigenvalue weighted by Gasteiger charge is -2.13. The number of hydrogen-bond acceptors (Lipinski definition) is 5. The van der Waals surface area contributed by atoms with Gasteiger partial charge in [-0.2, -0.15) is 0 Å². The van der Waals surface area contributed by atoms with Gasteiger partial charge < -0.3 is 14.3 Å². The predicted molar refractivity (Wildman–Crippen MR) is 65.1 cm³/mol. The van der Waals surface area contributed by atoms with Gasteiger partial charge in [0.25, 0.3) is 5.89 Å². The number of aliphatic hydroxyl groups excluding tert-OH is 1. The fraction of sp³-hybridized carbons (Fsp3) is 0.385. The lowest BCUT2D eigenvalue weighted by molar-refractivity contribution is 0.164. The molecule has 0 spiro atoms. The van der Waals surface area contributed by atoms with Crippen LogP contribution in [0.15, 0.2) is 28.7 Å². The zero-order valence-electron chi connectivity index (χ0n) is 10.5. The largest absolute Gasteiger partial charge is 0.483 e. The Morgan fingerprint density at radius 2 is 2.11 bits per heavy atom. The van der Waals surface area contributed by atoms with Crippen molar-refractivity contribution in [1.82, 2.24) is 10.2 Å². The molecule has 5 nitrogen and oxygen atoms in total. The van der Waals surface area contributed by atoms with Crippen molar-refractivity contribution in [3.63, 3.8) is 0 Å². The van der Waals surface area contributed by atoms with Crippen LogP contribution in [0, 0.1) is 6.92 Å². The van der Waals surface area contributed by atoms with E-state index in [1.807, 2.05) is 31.2 Å². The van der Waals surface area contributed by atoms with Crippen molar-refractivity contribution in [2.75, 3.05) is 0 Å². The molecule has 2 aromatic rings. The van der Waals surface area contributed by atoms with E-state index in [9.17, 15) is 5.11 Å². The van der Waals surface area contributed by atoms with E-state index >= 15 is 0 Å². The first-order valence-corrected chi connectivity index (χ1v) is 5.89. The van der Waals surface area contributed by atoms with Crippen molar-refractivity contribution in [3.8, 4) is 5.75 Å². The van der Waals surface area contributed by atoms with Gasteiger partial charge in [-0.1, -0.05) is 25.1 Å². The number of para-hydroxylation sites is 1. The molecule has 0 aliphatic heterocycles. The number of aliphatic hydroxyl groups is 1. The molecule has 1 unspecified atom stereocenters. The summed E-state index contributed by atoms with van der Waals surface area (Å²) in [7, 11) is 0. The second-order valence-electron chi connectivity index (χ2n) is 3.97. The lowest BCUT2D eigenvalue weighted by atomic mass is 10.1. The summed E-state index contributed by atoms with van der Waals surface area (Å²) in [4.78, 5) is 0. The molecule has 1 aromatic carbocycles. The molecule has 0 fully saturated rings. The van der Waals surface area contributed by atoms with Gasteiger partial charge in [-0.15, -0.1) is 10.2 Å². The van der Waals surface area contributed by atoms with Crippen LogP contribution in [-0.2, 0) is 6.61 Å². The Kier molecular flexibility index (Phi) is 3.94. The molecule has 2 rings (SSSR count). The molecule has 0 aliphatic carbocycles. The number of aryl methyl sites for hydroxylation is 1. The average Bonchev–Trinajstić information content (AvgIpc) is 2.81. The van der Waals surface area contributed by atoms with E-state index in [-0.39, 0.29) is 6.61 Å². The second-order valence-corrected chi connectivity index (χ2v) is 3.97. The van der Waals surface area contributed by atoms with Crippen LogP contribution in [0.1, 0.15) is 36.8 Å². The van der Waals surface area contributed by atoms with Gasteiger partial charge in [0, 0.05) is 12.5 Å². The van der Waals surface area contributed by atoms with Crippen LogP contribution in [0.2, 0.25) is 0 Å². The van der Waals surface area contributed by atoms with Crippen LogP contribution < -0.4 is 4.74 Å². The normalized spacial score (nSPS) is 12.4. The SMILES string of the molecule is CCC(O)c1ccccc1OCc1nnc(C)o1. The first-order chi connectivity index (χ1) is 8.70. The number of aromatic nitrogens is 2. The summed E-state index contributed by atoms with van der Waals surface area (Å²) >= 11 is 0. The first-order valence-electron chi connectivity index (χ1n) is 5.89. The fourth-order valence-electron chi connectivity index (χ4n) is 1.64. The molecule has 96 valence electrons. The minimum absolute atomic E-state index is 0.203. The topological polar surface area (TPSA) is 68.4 Å². The highest BCUT2D eigenvalue weighted by molar-refractivity contribution is 5.34. The maximum absolute atomic E-state index is 9.88. The van der Waals surface area contributed by atoms with E-state index < -0.39 is 6.10 Å². The molecule has 1 heterocycles. The third-order valence-corrected chi connectivity index (χ3v) is 2.58. The van der Waals surface area contributed by atoms with Gasteiger partial charge in [-0.25, -0.2) is 0 Å². The van der Waals surface area contributed by atoms with Gasteiger partial charge in [0.15, 0.2) is 6.61 Å². The van der Waals surface area contributed by atoms with Crippen LogP contribution in [0.4, 0.5) is 0 Å². The molecule has 1 atom stereocenters. The second kappa shape index (κ2) is 5.64. The van der Waals surface area contributed by atoms with Crippen molar-refractivity contribution in [3.05, 3.63) is 41.6 Å². The van der Waals surface area contributed by atoms with Crippen LogP contribution in [0.3, 0.4) is 0 Å². The van der Waals surface area contributed by atoms with Crippen LogP contribution in [0.5, 0.6) is 5.75 Å². The van der Waals surface area contributed by atoms with Crippen LogP contribution >= 0.6 is 0 Å². The molecule has 0 saturated carbocycles. The Morgan fingerprint density at radius 1 is 1.33 bits per heavy atom. The van der Waals surface area contributed by atoms with Crippen molar-refractivity contribution in [2.45, 2.75) is 33.0 Å². The molecule has 0 radical (unpaired) electrons. The Balaban J connectivity index is 2.09. The molecule has 0 amide bonds. The van der Waals surface area contributed by atoms with E-state index in [0.717, 1.165) is 5.56 Å². The van der Waals surface area contributed by atoms with Crippen molar-refractivity contribution < 1.29 is 14.3 Å². The summed E-state index contributed by atoms with van der Waals surface area (Å²) in [5, 5.41) is 17.5. The molecule has 0 saturated heterocycles. The van der Waals surface area contributed by atoms with Crippen LogP contribution in [0.25, 0.3) is 0 Å². The smallest absolute Gasteiger partial charge is 0.253 e. The highest BCUT2D eigenvalue weighted by Gasteiger charge is 2.12. The molecule has 5 heteroatoms. The highest BCUT2D eigenvalue weighted by Crippen LogP contribution is 2.27. The lowest BCUT2D eigenvalue weighted by Crippen LogP contribution is -2.02. The van der Waals surface area contributed by atoms with E-state index in [1.165, 1.54) is 0 Å². The third kappa shape index (κ3) is 2.87. The minimum Gasteiger partial charge on any atom is -0.483 e. The van der Waals surface area contributed by atoms with Crippen molar-refractivity contribution in [1.29, 1.82) is 0 Å². The van der Waals surface area contributed by atoms with Gasteiger partial charge in [-0.3, -0.25) is 0 Å². The third-order valence-electron chi connectivity index (χ3n) is 2.58. The van der Waals surface area contributed by atoms with Crippen molar-refractivity contribution >= 4 is 0 Å². The molecule has 1 N–H and O–H groups in total. The summed E-state index contributed by atoms with van der Waals surface area (Å²) < 4.78 is 10.8. The fourth-order valence-corrected chi connectivity index (χ4v) is 1.64. The molecule has 0 bridgehead atoms. The monoisotopic (exact) mass is 248 g/mol. The zero-order valence-corrected chi connectivity index (χ0v) is 10.5. The van der Waals surface area contributed by atoms with Gasteiger partial charge in [0.2, 0.25) is 5.89 Å². The number of ether oxygens (including phenoxy) is 1. The predicted octanol–water partition coefficient (Wildman–Crippen LogP) is 2.40. The summed E-state index contributed by atoms with van der Waals surface area (Å²) in [5.41, 5.74) is 0.774. The summed E-state index contributed by atoms with van der Waals surface area (Å²) in [6.07, 6.45) is 0.116. The van der Waals surface area contributed by atoms with Gasteiger partial charge >= 0.3 is 0 Å². The summed E-state index contributed by atoms with van der Waals surface area (Å²) in [5.74, 6) is 1.58. The Labute approximate surface area is 105 Å². The van der Waals surface area contributed by atoms with E-state index in [2.05, 4.69) is 10.2 Å². The van der Waals surface area contributed by atoms with Crippen LogP contribution in [-0.4, -0.2) is 15.3 Å². The average molecular weight is 248 g/mol. The highest BCUT2D eigenvalue weighted by atomic mass is 16.5. The molecule has 0 aliphatic rings. The Hall–Kier alpha value is -1.88. The Bertz CT molecular complexity index is 510. The van der Waals surface area contributed by atoms with E-state index in [4.69, 9.17) is 9.15 Å². The number of hydrogen-bond donors (Lipinski definition) is 1.